The van der Waals surface area contributed by atoms with E-state index in [1.54, 1.807) is 48.5 Å². The van der Waals surface area contributed by atoms with E-state index in [2.05, 4.69) is 15.5 Å². The molecule has 3 aromatic rings. The lowest BCUT2D eigenvalue weighted by atomic mass is 9.89. The molecule has 1 unspecified atom stereocenters. The maximum absolute atomic E-state index is 12.3. The van der Waals surface area contributed by atoms with Crippen LogP contribution in [-0.4, -0.2) is 21.2 Å². The number of anilines is 1. The van der Waals surface area contributed by atoms with Crippen LogP contribution in [0.1, 0.15) is 11.3 Å². The molecule has 6 heteroatoms. The number of aromatic amines is 1. The van der Waals surface area contributed by atoms with E-state index in [4.69, 9.17) is 0 Å². The quantitative estimate of drug-likeness (QED) is 0.665. The number of nitrogens with zero attached hydrogens (tertiary/aromatic N) is 1. The normalized spacial score (nSPS) is 19.6. The summed E-state index contributed by atoms with van der Waals surface area (Å²) in [6.45, 7) is 0. The van der Waals surface area contributed by atoms with Crippen LogP contribution in [0.15, 0.2) is 53.3 Å². The number of amides is 1. The van der Waals surface area contributed by atoms with Gasteiger partial charge in [0.05, 0.1) is 11.1 Å². The number of rotatable bonds is 2. The van der Waals surface area contributed by atoms with E-state index in [9.17, 15) is 14.7 Å². The minimum Gasteiger partial charge on any atom is -0.375 e. The van der Waals surface area contributed by atoms with Gasteiger partial charge in [0.1, 0.15) is 0 Å². The number of carbonyl (C=O) groups excluding carboxylic acids is 1. The summed E-state index contributed by atoms with van der Waals surface area (Å²) in [4.78, 5) is 24.2. The third kappa shape index (κ3) is 1.96. The maximum Gasteiger partial charge on any atom is 0.272 e. The Labute approximate surface area is 130 Å². The molecule has 0 spiro atoms. The predicted molar refractivity (Wildman–Crippen MR) is 85.0 cm³/mol. The molecule has 0 bridgehead atoms. The molecule has 1 aromatic heterocycles. The van der Waals surface area contributed by atoms with E-state index in [0.29, 0.717) is 27.7 Å². The van der Waals surface area contributed by atoms with Crippen molar-refractivity contribution in [3.05, 3.63) is 70.1 Å². The standard InChI is InChI=1S/C17H13N3O3/c21-15-11-6-2-1-5-10(11)14(19-20-15)9-17(23)12-7-3-4-8-13(12)18-16(17)22/h1-8,23H,9H2,(H,18,22)(H,20,21). The van der Waals surface area contributed by atoms with E-state index in [-0.39, 0.29) is 12.0 Å². The van der Waals surface area contributed by atoms with Gasteiger partial charge in [0.25, 0.3) is 11.5 Å². The van der Waals surface area contributed by atoms with E-state index >= 15 is 0 Å². The minimum absolute atomic E-state index is 0.0207. The number of para-hydroxylation sites is 1. The molecule has 0 fully saturated rings. The maximum atomic E-state index is 12.3. The first-order chi connectivity index (χ1) is 11.1. The van der Waals surface area contributed by atoms with Gasteiger partial charge in [-0.3, -0.25) is 9.59 Å². The van der Waals surface area contributed by atoms with Crippen molar-refractivity contribution < 1.29 is 9.90 Å². The van der Waals surface area contributed by atoms with Crippen LogP contribution in [-0.2, 0) is 16.8 Å². The first-order valence-corrected chi connectivity index (χ1v) is 7.19. The lowest BCUT2D eigenvalue weighted by molar-refractivity contribution is -0.133. The topological polar surface area (TPSA) is 95.1 Å². The average Bonchev–Trinajstić information content (AvgIpc) is 2.82. The molecule has 2 aromatic carbocycles. The van der Waals surface area contributed by atoms with Gasteiger partial charge >= 0.3 is 0 Å². The highest BCUT2D eigenvalue weighted by Gasteiger charge is 2.45. The zero-order chi connectivity index (χ0) is 16.0. The van der Waals surface area contributed by atoms with Crippen LogP contribution >= 0.6 is 0 Å². The zero-order valence-electron chi connectivity index (χ0n) is 12.0. The molecule has 4 rings (SSSR count). The van der Waals surface area contributed by atoms with Crippen molar-refractivity contribution in [2.45, 2.75) is 12.0 Å². The Morgan fingerprint density at radius 3 is 2.52 bits per heavy atom. The number of hydrogen-bond donors (Lipinski definition) is 3. The molecule has 0 saturated heterocycles. The molecule has 6 nitrogen and oxygen atoms in total. The SMILES string of the molecule is O=C1Nc2ccccc2C1(O)Cc1n[nH]c(=O)c2ccccc12. The summed E-state index contributed by atoms with van der Waals surface area (Å²) in [5, 5.41) is 21.2. The monoisotopic (exact) mass is 307 g/mol. The van der Waals surface area contributed by atoms with Crippen LogP contribution in [0.5, 0.6) is 0 Å². The molecule has 3 N–H and O–H groups in total. The van der Waals surface area contributed by atoms with Crippen molar-refractivity contribution in [1.82, 2.24) is 10.2 Å². The summed E-state index contributed by atoms with van der Waals surface area (Å²) in [5.41, 5.74) is -0.428. The highest BCUT2D eigenvalue weighted by atomic mass is 16.3. The molecule has 1 amide bonds. The van der Waals surface area contributed by atoms with Gasteiger partial charge in [0, 0.05) is 23.1 Å². The second-order valence-electron chi connectivity index (χ2n) is 5.58. The second-order valence-corrected chi connectivity index (χ2v) is 5.58. The Morgan fingerprint density at radius 1 is 1.00 bits per heavy atom. The summed E-state index contributed by atoms with van der Waals surface area (Å²) in [6, 6.07) is 14.0. The van der Waals surface area contributed by atoms with Crippen LogP contribution in [0.25, 0.3) is 10.8 Å². The predicted octanol–water partition coefficient (Wildman–Crippen LogP) is 1.31. The van der Waals surface area contributed by atoms with Gasteiger partial charge in [-0.15, -0.1) is 0 Å². The van der Waals surface area contributed by atoms with E-state index in [0.717, 1.165) is 0 Å². The fourth-order valence-electron chi connectivity index (χ4n) is 3.02. The van der Waals surface area contributed by atoms with Gasteiger partial charge in [0.2, 0.25) is 0 Å². The fourth-order valence-corrected chi connectivity index (χ4v) is 3.02. The molecular formula is C17H13N3O3. The third-order valence-electron chi connectivity index (χ3n) is 4.19. The van der Waals surface area contributed by atoms with Gasteiger partial charge in [-0.05, 0) is 12.1 Å². The first-order valence-electron chi connectivity index (χ1n) is 7.19. The zero-order valence-corrected chi connectivity index (χ0v) is 12.0. The van der Waals surface area contributed by atoms with E-state index in [1.807, 2.05) is 0 Å². The van der Waals surface area contributed by atoms with Crippen LogP contribution in [0.4, 0.5) is 5.69 Å². The molecule has 1 atom stereocenters. The summed E-state index contributed by atoms with van der Waals surface area (Å²) in [6.07, 6.45) is -0.0207. The fraction of sp³-hybridized carbons (Fsp3) is 0.118. The smallest absolute Gasteiger partial charge is 0.272 e. The third-order valence-corrected chi connectivity index (χ3v) is 4.19. The van der Waals surface area contributed by atoms with Gasteiger partial charge in [-0.25, -0.2) is 5.10 Å². The molecule has 1 aliphatic rings. The van der Waals surface area contributed by atoms with Crippen LogP contribution < -0.4 is 10.9 Å². The number of hydrogen-bond acceptors (Lipinski definition) is 4. The van der Waals surface area contributed by atoms with E-state index in [1.165, 1.54) is 0 Å². The van der Waals surface area contributed by atoms with Crippen molar-refractivity contribution in [3.8, 4) is 0 Å². The molecule has 2 heterocycles. The lowest BCUT2D eigenvalue weighted by Gasteiger charge is -2.20. The molecule has 23 heavy (non-hydrogen) atoms. The summed E-state index contributed by atoms with van der Waals surface area (Å²) >= 11 is 0. The Morgan fingerprint density at radius 2 is 1.70 bits per heavy atom. The number of H-pyrrole nitrogens is 1. The molecular weight excluding hydrogens is 294 g/mol. The largest absolute Gasteiger partial charge is 0.375 e. The Kier molecular flexibility index (Phi) is 2.82. The van der Waals surface area contributed by atoms with Crippen LogP contribution in [0, 0.1) is 0 Å². The van der Waals surface area contributed by atoms with E-state index < -0.39 is 11.5 Å². The van der Waals surface area contributed by atoms with Crippen molar-refractivity contribution in [2.75, 3.05) is 5.32 Å². The van der Waals surface area contributed by atoms with Gasteiger partial charge in [-0.1, -0.05) is 36.4 Å². The van der Waals surface area contributed by atoms with Crippen molar-refractivity contribution in [2.24, 2.45) is 0 Å². The Hall–Kier alpha value is -2.99. The van der Waals surface area contributed by atoms with Gasteiger partial charge in [0.15, 0.2) is 5.60 Å². The number of nitrogens with one attached hydrogen (secondary N) is 2. The van der Waals surface area contributed by atoms with Crippen molar-refractivity contribution >= 4 is 22.4 Å². The summed E-state index contributed by atoms with van der Waals surface area (Å²) in [5.74, 6) is -0.490. The average molecular weight is 307 g/mol. The number of aliphatic hydroxyl groups is 1. The van der Waals surface area contributed by atoms with Crippen LogP contribution in [0.3, 0.4) is 0 Å². The van der Waals surface area contributed by atoms with Gasteiger partial charge < -0.3 is 10.4 Å². The molecule has 114 valence electrons. The Bertz CT molecular complexity index is 996. The lowest BCUT2D eigenvalue weighted by Crippen LogP contribution is -2.37. The molecule has 0 aliphatic carbocycles. The molecule has 1 aliphatic heterocycles. The molecule has 0 saturated carbocycles. The first kappa shape index (κ1) is 13.7. The number of fused-ring (bicyclic) bond motifs is 2. The highest BCUT2D eigenvalue weighted by Crippen LogP contribution is 2.38. The van der Waals surface area contributed by atoms with Crippen molar-refractivity contribution in [1.29, 1.82) is 0 Å². The number of benzene rings is 2. The molecule has 0 radical (unpaired) electrons. The summed E-state index contributed by atoms with van der Waals surface area (Å²) < 4.78 is 0. The number of carbonyl (C=O) groups is 1. The summed E-state index contributed by atoms with van der Waals surface area (Å²) in [7, 11) is 0. The number of aromatic nitrogens is 2. The second kappa shape index (κ2) is 4.76. The van der Waals surface area contributed by atoms with Gasteiger partial charge in [-0.2, -0.15) is 5.10 Å². The minimum atomic E-state index is -1.70. The van der Waals surface area contributed by atoms with Crippen LogP contribution in [0.2, 0.25) is 0 Å². The van der Waals surface area contributed by atoms with Crippen molar-refractivity contribution in [3.63, 3.8) is 0 Å². The Balaban J connectivity index is 1.87. The highest BCUT2D eigenvalue weighted by molar-refractivity contribution is 6.05.